The van der Waals surface area contributed by atoms with E-state index in [2.05, 4.69) is 17.0 Å². The second-order valence-corrected chi connectivity index (χ2v) is 4.51. The molecule has 0 spiro atoms. The summed E-state index contributed by atoms with van der Waals surface area (Å²) in [5.74, 6) is 0.760. The molecule has 0 saturated carbocycles. The monoisotopic (exact) mass is 277 g/mol. The normalized spacial score (nSPS) is 11.6. The van der Waals surface area contributed by atoms with Crippen LogP contribution in [0.2, 0.25) is 5.02 Å². The molecular formula is C14H16ClN3O. The van der Waals surface area contributed by atoms with Gasteiger partial charge in [0.05, 0.1) is 12.8 Å². The third kappa shape index (κ3) is 4.10. The molecule has 0 aliphatic heterocycles. The molecule has 0 amide bonds. The maximum atomic E-state index is 5.90. The number of ether oxygens (including phenoxy) is 1. The first-order chi connectivity index (χ1) is 9.29. The number of benzene rings is 1. The van der Waals surface area contributed by atoms with Crippen molar-refractivity contribution >= 4 is 23.6 Å². The van der Waals surface area contributed by atoms with Crippen molar-refractivity contribution in [2.45, 2.75) is 19.8 Å². The maximum Gasteiger partial charge on any atom is 0.144 e. The van der Waals surface area contributed by atoms with E-state index in [0.717, 1.165) is 24.2 Å². The zero-order chi connectivity index (χ0) is 13.5. The summed E-state index contributed by atoms with van der Waals surface area (Å²) in [6.07, 6.45) is 7.03. The smallest absolute Gasteiger partial charge is 0.144 e. The molecule has 1 aromatic heterocycles. The summed E-state index contributed by atoms with van der Waals surface area (Å²) in [6.45, 7) is 2.81. The van der Waals surface area contributed by atoms with E-state index in [0.29, 0.717) is 11.6 Å². The van der Waals surface area contributed by atoms with Crippen LogP contribution in [-0.2, 0) is 4.74 Å². The van der Waals surface area contributed by atoms with Crippen molar-refractivity contribution < 1.29 is 4.74 Å². The summed E-state index contributed by atoms with van der Waals surface area (Å²) in [6, 6.07) is 7.54. The van der Waals surface area contributed by atoms with Gasteiger partial charge in [-0.25, -0.2) is 9.67 Å². The zero-order valence-electron chi connectivity index (χ0n) is 10.8. The fourth-order valence-corrected chi connectivity index (χ4v) is 1.67. The minimum atomic E-state index is 0.680. The fraction of sp³-hybridized carbons (Fsp3) is 0.286. The number of halogens is 1. The Labute approximate surface area is 117 Å². The predicted octanol–water partition coefficient (Wildman–Crippen LogP) is 3.70. The Morgan fingerprint density at radius 2 is 2.16 bits per heavy atom. The maximum absolute atomic E-state index is 5.90. The molecule has 2 rings (SSSR count). The lowest BCUT2D eigenvalue weighted by atomic mass is 10.2. The van der Waals surface area contributed by atoms with Crippen LogP contribution in [0.4, 0.5) is 0 Å². The summed E-state index contributed by atoms with van der Waals surface area (Å²) >= 11 is 5.90. The molecule has 0 N–H and O–H groups in total. The average Bonchev–Trinajstić information content (AvgIpc) is 2.92. The molecule has 0 fully saturated rings. The molecule has 4 nitrogen and oxygen atoms in total. The third-order valence-electron chi connectivity index (χ3n) is 2.57. The Hall–Kier alpha value is -1.81. The van der Waals surface area contributed by atoms with Crippen LogP contribution in [0, 0.1) is 0 Å². The highest BCUT2D eigenvalue weighted by Gasteiger charge is 2.04. The summed E-state index contributed by atoms with van der Waals surface area (Å²) < 4.78 is 7.43. The molecule has 0 unspecified atom stereocenters. The second-order valence-electron chi connectivity index (χ2n) is 4.08. The van der Waals surface area contributed by atoms with E-state index in [-0.39, 0.29) is 0 Å². The summed E-state index contributed by atoms with van der Waals surface area (Å²) in [5.41, 5.74) is 0.969. The van der Waals surface area contributed by atoms with Crippen molar-refractivity contribution in [3.05, 3.63) is 47.5 Å². The van der Waals surface area contributed by atoms with Gasteiger partial charge in [0.2, 0.25) is 0 Å². The van der Waals surface area contributed by atoms with Crippen molar-refractivity contribution in [1.29, 1.82) is 0 Å². The number of unbranched alkanes of at least 4 members (excludes halogenated alkanes) is 1. The number of hydrogen-bond acceptors (Lipinski definition) is 3. The average molecular weight is 278 g/mol. The molecule has 1 heterocycles. The Bertz CT molecular complexity index is 520. The van der Waals surface area contributed by atoms with Crippen LogP contribution in [0.5, 0.6) is 0 Å². The van der Waals surface area contributed by atoms with Crippen LogP contribution >= 0.6 is 11.6 Å². The zero-order valence-corrected chi connectivity index (χ0v) is 11.5. The minimum Gasteiger partial charge on any atom is -0.491 e. The number of aromatic nitrogens is 3. The van der Waals surface area contributed by atoms with E-state index in [1.807, 2.05) is 30.5 Å². The lowest BCUT2D eigenvalue weighted by Crippen LogP contribution is -1.97. The Kier molecular flexibility index (Phi) is 4.98. The summed E-state index contributed by atoms with van der Waals surface area (Å²) in [5, 5.41) is 4.76. The first-order valence-electron chi connectivity index (χ1n) is 6.24. The third-order valence-corrected chi connectivity index (χ3v) is 2.82. The van der Waals surface area contributed by atoms with Gasteiger partial charge in [-0.05, 0) is 30.7 Å². The van der Waals surface area contributed by atoms with Gasteiger partial charge >= 0.3 is 0 Å². The fourth-order valence-electron chi connectivity index (χ4n) is 1.54. The first-order valence-corrected chi connectivity index (χ1v) is 6.62. The standard InChI is InChI=1S/C14H16ClN3O/c1-2-3-8-19-14(9-18-11-16-10-17-18)12-4-6-13(15)7-5-12/h4-7,9-11H,2-3,8H2,1H3/b14-9-. The van der Waals surface area contributed by atoms with Crippen LogP contribution in [0.3, 0.4) is 0 Å². The number of rotatable bonds is 6. The van der Waals surface area contributed by atoms with E-state index >= 15 is 0 Å². The lowest BCUT2D eigenvalue weighted by Gasteiger charge is -2.10. The van der Waals surface area contributed by atoms with Crippen LogP contribution in [0.1, 0.15) is 25.3 Å². The van der Waals surface area contributed by atoms with Crippen molar-refractivity contribution in [3.8, 4) is 0 Å². The molecule has 2 aromatic rings. The van der Waals surface area contributed by atoms with Gasteiger partial charge in [-0.2, -0.15) is 5.10 Å². The van der Waals surface area contributed by atoms with Crippen molar-refractivity contribution in [3.63, 3.8) is 0 Å². The van der Waals surface area contributed by atoms with E-state index in [1.54, 1.807) is 11.0 Å². The quantitative estimate of drug-likeness (QED) is 0.597. The van der Waals surface area contributed by atoms with Gasteiger partial charge in [-0.3, -0.25) is 0 Å². The van der Waals surface area contributed by atoms with Crippen molar-refractivity contribution in [2.24, 2.45) is 0 Å². The van der Waals surface area contributed by atoms with Crippen LogP contribution < -0.4 is 0 Å². The van der Waals surface area contributed by atoms with Gasteiger partial charge in [0.1, 0.15) is 18.4 Å². The van der Waals surface area contributed by atoms with E-state index in [4.69, 9.17) is 16.3 Å². The second kappa shape index (κ2) is 6.95. The Balaban J connectivity index is 2.20. The van der Waals surface area contributed by atoms with Crippen molar-refractivity contribution in [1.82, 2.24) is 14.8 Å². The largest absolute Gasteiger partial charge is 0.491 e. The highest BCUT2D eigenvalue weighted by Crippen LogP contribution is 2.19. The topological polar surface area (TPSA) is 39.9 Å². The SMILES string of the molecule is CCCCO/C(=C\n1cncn1)c1ccc(Cl)cc1. The molecule has 0 saturated heterocycles. The predicted molar refractivity (Wildman–Crippen MR) is 76.5 cm³/mol. The molecule has 0 aliphatic rings. The van der Waals surface area contributed by atoms with Crippen molar-refractivity contribution in [2.75, 3.05) is 6.61 Å². The van der Waals surface area contributed by atoms with Gasteiger partial charge in [0, 0.05) is 10.6 Å². The molecule has 19 heavy (non-hydrogen) atoms. The highest BCUT2D eigenvalue weighted by atomic mass is 35.5. The molecule has 100 valence electrons. The van der Waals surface area contributed by atoms with Crippen LogP contribution in [0.15, 0.2) is 36.9 Å². The number of hydrogen-bond donors (Lipinski definition) is 0. The van der Waals surface area contributed by atoms with Gasteiger partial charge in [0.25, 0.3) is 0 Å². The molecule has 0 atom stereocenters. The molecule has 1 aromatic carbocycles. The lowest BCUT2D eigenvalue weighted by molar-refractivity contribution is 0.271. The van der Waals surface area contributed by atoms with Crippen LogP contribution in [0.25, 0.3) is 12.0 Å². The summed E-state index contributed by atoms with van der Waals surface area (Å²) in [4.78, 5) is 3.91. The molecule has 5 heteroatoms. The van der Waals surface area contributed by atoms with Gasteiger partial charge in [-0.1, -0.05) is 24.9 Å². The van der Waals surface area contributed by atoms with Gasteiger partial charge in [-0.15, -0.1) is 0 Å². The highest BCUT2D eigenvalue weighted by molar-refractivity contribution is 6.30. The summed E-state index contributed by atoms with van der Waals surface area (Å²) in [7, 11) is 0. The van der Waals surface area contributed by atoms with E-state index in [9.17, 15) is 0 Å². The Morgan fingerprint density at radius 1 is 1.37 bits per heavy atom. The molecular weight excluding hydrogens is 262 g/mol. The molecule has 0 radical (unpaired) electrons. The first kappa shape index (κ1) is 13.6. The number of nitrogens with zero attached hydrogens (tertiary/aromatic N) is 3. The van der Waals surface area contributed by atoms with Gasteiger partial charge < -0.3 is 4.74 Å². The minimum absolute atomic E-state index is 0.680. The molecule has 0 aliphatic carbocycles. The van der Waals surface area contributed by atoms with Crippen LogP contribution in [-0.4, -0.2) is 21.4 Å². The van der Waals surface area contributed by atoms with Gasteiger partial charge in [0.15, 0.2) is 0 Å². The van der Waals surface area contributed by atoms with E-state index < -0.39 is 0 Å². The Morgan fingerprint density at radius 3 is 2.79 bits per heavy atom. The van der Waals surface area contributed by atoms with E-state index in [1.165, 1.54) is 6.33 Å². The molecule has 0 bridgehead atoms.